The largest absolute Gasteiger partial charge is 0.489 e. The fraction of sp³-hybridized carbons (Fsp3) is 0.167. The number of aromatic nitrogens is 4. The Hall–Kier alpha value is -10.6. The van der Waals surface area contributed by atoms with Gasteiger partial charge >= 0.3 is 0 Å². The van der Waals surface area contributed by atoms with Gasteiger partial charge in [0.25, 0.3) is 0 Å². The lowest BCUT2D eigenvalue weighted by Crippen LogP contribution is -2.23. The predicted molar refractivity (Wildman–Crippen MR) is 332 cm³/mol. The van der Waals surface area contributed by atoms with Crippen molar-refractivity contribution in [3.05, 3.63) is 241 Å². The Morgan fingerprint density at radius 2 is 0.814 bits per heavy atom. The number of hydrogen-bond donors (Lipinski definition) is 0. The summed E-state index contributed by atoms with van der Waals surface area (Å²) in [5, 5.41) is 0. The highest BCUT2D eigenvalue weighted by molar-refractivity contribution is 6.01. The summed E-state index contributed by atoms with van der Waals surface area (Å²) in [7, 11) is 0. The second-order valence-electron chi connectivity index (χ2n) is 22.3. The molecule has 4 aliphatic carbocycles. The Morgan fingerprint density at radius 3 is 1.51 bits per heavy atom. The van der Waals surface area contributed by atoms with Crippen molar-refractivity contribution < 1.29 is 27.1 Å². The molecule has 4 heterocycles. The highest BCUT2D eigenvalue weighted by Gasteiger charge is 2.37. The monoisotopic (exact) mass is 1130 g/mol. The van der Waals surface area contributed by atoms with Crippen molar-refractivity contribution in [2.45, 2.75) is 81.4 Å². The van der Waals surface area contributed by atoms with E-state index in [-0.39, 0.29) is 98.1 Å². The fourth-order valence-electron chi connectivity index (χ4n) is 11.9. The first-order valence-corrected chi connectivity index (χ1v) is 28.4. The molecule has 6 aromatic rings. The molecular weight excluding hydrogens is 1080 g/mol. The van der Waals surface area contributed by atoms with E-state index < -0.39 is 16.3 Å². The smallest absolute Gasteiger partial charge is 0.193 e. The second kappa shape index (κ2) is 20.6. The molecule has 0 unspecified atom stereocenters. The Morgan fingerprint density at radius 1 is 0.337 bits per heavy atom. The van der Waals surface area contributed by atoms with Crippen molar-refractivity contribution in [3.8, 4) is 79.6 Å². The van der Waals surface area contributed by atoms with Crippen LogP contribution >= 0.6 is 0 Å². The van der Waals surface area contributed by atoms with E-state index in [0.717, 1.165) is 22.3 Å². The molecule has 14 heteroatoms. The molecule has 0 atom stereocenters. The van der Waals surface area contributed by atoms with Crippen molar-refractivity contribution in [1.29, 1.82) is 0 Å². The van der Waals surface area contributed by atoms with Crippen molar-refractivity contribution in [2.75, 3.05) is 0 Å². The van der Waals surface area contributed by atoms with Gasteiger partial charge in [0.15, 0.2) is 67.1 Å². The van der Waals surface area contributed by atoms with E-state index in [0.29, 0.717) is 102 Å². The molecule has 0 spiro atoms. The van der Waals surface area contributed by atoms with Gasteiger partial charge in [0.2, 0.25) is 0 Å². The van der Waals surface area contributed by atoms with Gasteiger partial charge in [0.1, 0.15) is 69.6 Å². The average Bonchev–Trinajstić information content (AvgIpc) is 1.11. The molecule has 0 amide bonds. The zero-order valence-corrected chi connectivity index (χ0v) is 48.4. The molecule has 0 N–H and O–H groups in total. The van der Waals surface area contributed by atoms with Gasteiger partial charge in [-0.2, -0.15) is 0 Å². The van der Waals surface area contributed by atoms with E-state index >= 15 is 14.4 Å². The minimum atomic E-state index is -0.557. The number of nitrogens with zero attached hydrogens (tertiary/aromatic N) is 4. The highest BCUT2D eigenvalue weighted by Crippen LogP contribution is 2.48. The molecule has 0 radical (unpaired) electrons. The molecule has 8 aliphatic rings. The topological polar surface area (TPSA) is 191 Å². The zero-order chi connectivity index (χ0) is 59.4. The standard InChI is InChI=1S/C72H54N4O10/c1-35-20-27-53-51(29-35)76-63-57(40(6)66(78)48(70(63)83-53)24-23-47-39(5)65(77)42(8)69-62(47)73-49-25-19-36(2)30-55(49)85-69)60-68(80)41(7)58(64-72(60)86-56-32-46(21-26-50(56)74-64)82-34-44-17-13-10-14-18-44)59-67(79)38(4)37(3)61-71(59)84-54-28-22-45(31-52(54)75-61)81-33-43-15-11-9-12-16-43/h9-22,25-32H,23-24,33-34H2,1-8H3. The van der Waals surface area contributed by atoms with Crippen molar-refractivity contribution in [1.82, 2.24) is 19.9 Å². The van der Waals surface area contributed by atoms with Crippen LogP contribution in [0.1, 0.15) is 66.8 Å². The number of hydrogen-bond acceptors (Lipinski definition) is 14. The fourth-order valence-corrected chi connectivity index (χ4v) is 11.9. The SMILES string of the molecule is Cc1ccc2oc3c(CCc4c5nc6ccc(C)cc6oc-5c(C)c(=O)c4C)c(=O)c(C)c(-c4c5oc6cc(OCc7ccccc7)ccc6nc-5c(-c5c6oc7ccc(OCc8ccccc8)cc7nc-6c(C)c(C)c5=O)c(C)c4=O)c-3nc2c1. The van der Waals surface area contributed by atoms with Crippen molar-refractivity contribution in [2.24, 2.45) is 0 Å². The third kappa shape index (κ3) is 8.86. The van der Waals surface area contributed by atoms with Gasteiger partial charge in [0.05, 0.1) is 11.1 Å². The Bertz CT molecular complexity index is 5250. The highest BCUT2D eigenvalue weighted by atomic mass is 16.5. The number of benzene rings is 10. The van der Waals surface area contributed by atoms with Crippen molar-refractivity contribution in [3.63, 3.8) is 0 Å². The van der Waals surface area contributed by atoms with Gasteiger partial charge in [-0.3, -0.25) is 19.2 Å². The normalized spacial score (nSPS) is 11.9. The minimum Gasteiger partial charge on any atom is -0.489 e. The van der Waals surface area contributed by atoms with Crippen LogP contribution in [0.4, 0.5) is 0 Å². The molecule has 6 aromatic carbocycles. The van der Waals surface area contributed by atoms with E-state index in [1.54, 1.807) is 77.1 Å². The van der Waals surface area contributed by atoms with E-state index in [2.05, 4.69) is 0 Å². The summed E-state index contributed by atoms with van der Waals surface area (Å²) < 4.78 is 39.6. The second-order valence-corrected chi connectivity index (χ2v) is 22.3. The molecular formula is C72H54N4O10. The van der Waals surface area contributed by atoms with Crippen molar-refractivity contribution >= 4 is 44.4 Å². The Balaban J connectivity index is 1.00. The first kappa shape index (κ1) is 53.4. The van der Waals surface area contributed by atoms with E-state index in [1.807, 2.05) is 112 Å². The molecule has 422 valence electrons. The summed E-state index contributed by atoms with van der Waals surface area (Å²) in [5.41, 5.74) is 10.7. The summed E-state index contributed by atoms with van der Waals surface area (Å²) in [6, 6.07) is 41.5. The molecule has 0 saturated carbocycles. The van der Waals surface area contributed by atoms with Crippen LogP contribution in [0.3, 0.4) is 0 Å². The molecule has 0 bridgehead atoms. The van der Waals surface area contributed by atoms with Crippen LogP contribution in [0.2, 0.25) is 0 Å². The first-order valence-electron chi connectivity index (χ1n) is 28.4. The van der Waals surface area contributed by atoms with Gasteiger partial charge in [0, 0.05) is 56.6 Å². The predicted octanol–water partition coefficient (Wildman–Crippen LogP) is 14.9. The Labute approximate surface area is 491 Å². The lowest BCUT2D eigenvalue weighted by molar-refractivity contribution is 0.306. The van der Waals surface area contributed by atoms with Crippen LogP contribution in [0, 0.1) is 55.4 Å². The van der Waals surface area contributed by atoms with Crippen LogP contribution in [0.5, 0.6) is 11.5 Å². The minimum absolute atomic E-state index is 0.0134. The first-order chi connectivity index (χ1) is 41.6. The summed E-state index contributed by atoms with van der Waals surface area (Å²) in [4.78, 5) is 81.7. The maximum atomic E-state index is 16.1. The molecule has 14 rings (SSSR count). The van der Waals surface area contributed by atoms with Gasteiger partial charge in [-0.05, 0) is 150 Å². The summed E-state index contributed by atoms with van der Waals surface area (Å²) >= 11 is 0. The summed E-state index contributed by atoms with van der Waals surface area (Å²) in [5.74, 6) is 1.70. The molecule has 86 heavy (non-hydrogen) atoms. The third-order valence-electron chi connectivity index (χ3n) is 16.7. The quantitative estimate of drug-likeness (QED) is 0.111. The average molecular weight is 1140 g/mol. The lowest BCUT2D eigenvalue weighted by Gasteiger charge is -2.23. The molecule has 0 fully saturated rings. The van der Waals surface area contributed by atoms with E-state index in [4.69, 9.17) is 47.1 Å². The molecule has 4 aliphatic heterocycles. The maximum absolute atomic E-state index is 16.1. The van der Waals surface area contributed by atoms with E-state index in [1.165, 1.54) is 0 Å². The number of fused-ring (bicyclic) bond motifs is 8. The van der Waals surface area contributed by atoms with Gasteiger partial charge in [-0.1, -0.05) is 72.8 Å². The lowest BCUT2D eigenvalue weighted by atomic mass is 9.83. The molecule has 0 aromatic heterocycles. The van der Waals surface area contributed by atoms with Gasteiger partial charge < -0.3 is 27.1 Å². The van der Waals surface area contributed by atoms with Crippen LogP contribution in [0.15, 0.2) is 170 Å². The number of aryl methyl sites for hydroxylation is 2. The Kier molecular flexibility index (Phi) is 12.8. The summed E-state index contributed by atoms with van der Waals surface area (Å²) in [6.07, 6.45) is 0.294. The summed E-state index contributed by atoms with van der Waals surface area (Å²) in [6.45, 7) is 14.9. The molecule has 0 saturated heterocycles. The van der Waals surface area contributed by atoms with Gasteiger partial charge in [-0.25, -0.2) is 19.9 Å². The molecule has 14 nitrogen and oxygen atoms in total. The van der Waals surface area contributed by atoms with Crippen LogP contribution in [0.25, 0.3) is 112 Å². The zero-order valence-electron chi connectivity index (χ0n) is 48.4. The van der Waals surface area contributed by atoms with Crippen LogP contribution in [-0.4, -0.2) is 19.9 Å². The third-order valence-corrected chi connectivity index (χ3v) is 16.7. The van der Waals surface area contributed by atoms with Crippen LogP contribution in [-0.2, 0) is 26.1 Å². The number of ether oxygens (including phenoxy) is 2. The van der Waals surface area contributed by atoms with E-state index in [9.17, 15) is 4.79 Å². The van der Waals surface area contributed by atoms with Gasteiger partial charge in [-0.15, -0.1) is 0 Å². The maximum Gasteiger partial charge on any atom is 0.193 e. The van der Waals surface area contributed by atoms with Crippen LogP contribution < -0.4 is 31.2 Å². The number of rotatable bonds is 11.